The molecule has 0 saturated heterocycles. The predicted molar refractivity (Wildman–Crippen MR) is 122 cm³/mol. The van der Waals surface area contributed by atoms with E-state index in [-0.39, 0.29) is 24.0 Å². The van der Waals surface area contributed by atoms with Gasteiger partial charge in [-0.15, -0.1) is 24.0 Å². The summed E-state index contributed by atoms with van der Waals surface area (Å²) in [6.07, 6.45) is 2.67. The van der Waals surface area contributed by atoms with E-state index in [9.17, 15) is 0 Å². The van der Waals surface area contributed by atoms with E-state index in [0.717, 1.165) is 31.0 Å². The fourth-order valence-electron chi connectivity index (χ4n) is 2.32. The number of hydrogen-bond donors (Lipinski definition) is 2. The van der Waals surface area contributed by atoms with Crippen LogP contribution in [-0.4, -0.2) is 38.1 Å². The predicted octanol–water partition coefficient (Wildman–Crippen LogP) is 3.72. The SMILES string of the molecule is CCNC(=NCc1cccc(N(C)C)c1)NCCc1ccc(Cl)nc1.I. The molecule has 1 heterocycles. The zero-order chi connectivity index (χ0) is 18.1. The standard InChI is InChI=1S/C19H26ClN5.HI/c1-4-21-19(22-11-10-15-8-9-18(20)23-13-15)24-14-16-6-5-7-17(12-16)25(2)3;/h5-9,12-13H,4,10-11,14H2,1-3H3,(H2,21,22,24);1H. The van der Waals surface area contributed by atoms with Crippen molar-refractivity contribution < 1.29 is 0 Å². The maximum absolute atomic E-state index is 5.81. The molecule has 0 saturated carbocycles. The van der Waals surface area contributed by atoms with E-state index in [2.05, 4.69) is 56.7 Å². The van der Waals surface area contributed by atoms with Crippen molar-refractivity contribution in [2.24, 2.45) is 4.99 Å². The van der Waals surface area contributed by atoms with Crippen molar-refractivity contribution in [2.45, 2.75) is 19.9 Å². The van der Waals surface area contributed by atoms with Crippen LogP contribution in [0.15, 0.2) is 47.6 Å². The summed E-state index contributed by atoms with van der Waals surface area (Å²) < 4.78 is 0. The second-order valence-corrected chi connectivity index (χ2v) is 6.31. The van der Waals surface area contributed by atoms with Crippen molar-refractivity contribution in [3.8, 4) is 0 Å². The third kappa shape index (κ3) is 7.78. The number of guanidine groups is 1. The molecule has 1 aromatic carbocycles. The van der Waals surface area contributed by atoms with E-state index in [1.807, 2.05) is 26.2 Å². The molecule has 0 radical (unpaired) electrons. The van der Waals surface area contributed by atoms with Crippen LogP contribution in [0.25, 0.3) is 0 Å². The Labute approximate surface area is 178 Å². The second-order valence-electron chi connectivity index (χ2n) is 5.93. The van der Waals surface area contributed by atoms with Crippen LogP contribution in [0, 0.1) is 0 Å². The number of nitrogens with one attached hydrogen (secondary N) is 2. The summed E-state index contributed by atoms with van der Waals surface area (Å²) in [6.45, 7) is 4.31. The highest BCUT2D eigenvalue weighted by atomic mass is 127. The van der Waals surface area contributed by atoms with Gasteiger partial charge < -0.3 is 15.5 Å². The van der Waals surface area contributed by atoms with Gasteiger partial charge in [0.05, 0.1) is 6.54 Å². The molecule has 0 bridgehead atoms. The average molecular weight is 488 g/mol. The summed E-state index contributed by atoms with van der Waals surface area (Å²) in [5, 5.41) is 7.16. The first-order chi connectivity index (χ1) is 12.1. The van der Waals surface area contributed by atoms with Crippen LogP contribution in [0.5, 0.6) is 0 Å². The molecule has 0 aliphatic heterocycles. The zero-order valence-corrected chi connectivity index (χ0v) is 18.6. The van der Waals surface area contributed by atoms with Crippen molar-refractivity contribution in [3.63, 3.8) is 0 Å². The van der Waals surface area contributed by atoms with Crippen LogP contribution in [0.3, 0.4) is 0 Å². The molecule has 0 spiro atoms. The Kier molecular flexibility index (Phi) is 10.3. The lowest BCUT2D eigenvalue weighted by Crippen LogP contribution is -2.38. The molecule has 1 aromatic heterocycles. The Morgan fingerprint density at radius 1 is 1.15 bits per heavy atom. The quantitative estimate of drug-likeness (QED) is 0.271. The van der Waals surface area contributed by atoms with Gasteiger partial charge in [0.15, 0.2) is 5.96 Å². The van der Waals surface area contributed by atoms with Gasteiger partial charge in [-0.2, -0.15) is 0 Å². The van der Waals surface area contributed by atoms with Crippen molar-refractivity contribution in [3.05, 3.63) is 58.9 Å². The van der Waals surface area contributed by atoms with Crippen LogP contribution < -0.4 is 15.5 Å². The first-order valence-electron chi connectivity index (χ1n) is 8.47. The van der Waals surface area contributed by atoms with Gasteiger partial charge in [0.25, 0.3) is 0 Å². The Morgan fingerprint density at radius 3 is 2.62 bits per heavy atom. The number of benzene rings is 1. The summed E-state index contributed by atoms with van der Waals surface area (Å²) in [5.74, 6) is 0.819. The highest BCUT2D eigenvalue weighted by molar-refractivity contribution is 14.0. The molecule has 142 valence electrons. The number of hydrogen-bond acceptors (Lipinski definition) is 3. The van der Waals surface area contributed by atoms with Gasteiger partial charge in [0.1, 0.15) is 5.15 Å². The van der Waals surface area contributed by atoms with Crippen molar-refractivity contribution >= 4 is 47.2 Å². The van der Waals surface area contributed by atoms with E-state index in [1.54, 1.807) is 6.20 Å². The third-order valence-electron chi connectivity index (χ3n) is 3.69. The minimum Gasteiger partial charge on any atom is -0.378 e. The molecule has 0 unspecified atom stereocenters. The molecular formula is C19H27ClIN5. The monoisotopic (exact) mass is 487 g/mol. The molecule has 7 heteroatoms. The molecule has 0 amide bonds. The largest absolute Gasteiger partial charge is 0.378 e. The normalized spacial score (nSPS) is 10.8. The zero-order valence-electron chi connectivity index (χ0n) is 15.5. The lowest BCUT2D eigenvalue weighted by Gasteiger charge is -2.14. The number of nitrogens with zero attached hydrogens (tertiary/aromatic N) is 3. The van der Waals surface area contributed by atoms with Gasteiger partial charge in [-0.05, 0) is 42.7 Å². The highest BCUT2D eigenvalue weighted by Crippen LogP contribution is 2.14. The van der Waals surface area contributed by atoms with Crippen LogP contribution in [0.4, 0.5) is 5.69 Å². The Morgan fingerprint density at radius 2 is 1.96 bits per heavy atom. The van der Waals surface area contributed by atoms with Gasteiger partial charge in [-0.1, -0.05) is 29.8 Å². The minimum atomic E-state index is 0. The molecule has 0 aliphatic rings. The number of halogens is 2. The first kappa shape index (κ1) is 22.5. The number of anilines is 1. The van der Waals surface area contributed by atoms with Crippen LogP contribution in [0.1, 0.15) is 18.1 Å². The Bertz CT molecular complexity index is 689. The van der Waals surface area contributed by atoms with Gasteiger partial charge in [0, 0.05) is 39.1 Å². The maximum Gasteiger partial charge on any atom is 0.191 e. The van der Waals surface area contributed by atoms with Gasteiger partial charge in [0.2, 0.25) is 0 Å². The lowest BCUT2D eigenvalue weighted by atomic mass is 10.2. The van der Waals surface area contributed by atoms with E-state index in [4.69, 9.17) is 11.6 Å². The van der Waals surface area contributed by atoms with Crippen LogP contribution in [0.2, 0.25) is 5.15 Å². The van der Waals surface area contributed by atoms with Crippen molar-refractivity contribution in [2.75, 3.05) is 32.1 Å². The summed E-state index contributed by atoms with van der Waals surface area (Å²) in [7, 11) is 4.08. The molecule has 0 atom stereocenters. The number of aromatic nitrogens is 1. The minimum absolute atomic E-state index is 0. The summed E-state index contributed by atoms with van der Waals surface area (Å²) in [4.78, 5) is 10.9. The summed E-state index contributed by atoms with van der Waals surface area (Å²) in [6, 6.07) is 12.2. The van der Waals surface area contributed by atoms with Crippen molar-refractivity contribution in [1.82, 2.24) is 15.6 Å². The van der Waals surface area contributed by atoms with Gasteiger partial charge >= 0.3 is 0 Å². The number of rotatable bonds is 7. The number of aliphatic imine (C=N–C) groups is 1. The van der Waals surface area contributed by atoms with E-state index in [0.29, 0.717) is 11.7 Å². The Hall–Kier alpha value is -1.54. The van der Waals surface area contributed by atoms with E-state index >= 15 is 0 Å². The fourth-order valence-corrected chi connectivity index (χ4v) is 2.44. The molecule has 26 heavy (non-hydrogen) atoms. The molecule has 5 nitrogen and oxygen atoms in total. The fraction of sp³-hybridized carbons (Fsp3) is 0.368. The van der Waals surface area contributed by atoms with Gasteiger partial charge in [-0.25, -0.2) is 9.98 Å². The van der Waals surface area contributed by atoms with E-state index < -0.39 is 0 Å². The molecular weight excluding hydrogens is 461 g/mol. The summed E-state index contributed by atoms with van der Waals surface area (Å²) in [5.41, 5.74) is 3.51. The summed E-state index contributed by atoms with van der Waals surface area (Å²) >= 11 is 5.81. The second kappa shape index (κ2) is 12.0. The smallest absolute Gasteiger partial charge is 0.191 e. The number of pyridine rings is 1. The van der Waals surface area contributed by atoms with Crippen LogP contribution in [-0.2, 0) is 13.0 Å². The maximum atomic E-state index is 5.81. The highest BCUT2D eigenvalue weighted by Gasteiger charge is 2.01. The molecule has 2 rings (SSSR count). The lowest BCUT2D eigenvalue weighted by molar-refractivity contribution is 0.798. The van der Waals surface area contributed by atoms with Gasteiger partial charge in [-0.3, -0.25) is 0 Å². The van der Waals surface area contributed by atoms with E-state index in [1.165, 1.54) is 11.3 Å². The molecule has 0 aliphatic carbocycles. The Balaban J connectivity index is 0.00000338. The molecule has 0 fully saturated rings. The van der Waals surface area contributed by atoms with Crippen LogP contribution >= 0.6 is 35.6 Å². The van der Waals surface area contributed by atoms with Crippen molar-refractivity contribution in [1.29, 1.82) is 0 Å². The first-order valence-corrected chi connectivity index (χ1v) is 8.85. The average Bonchev–Trinajstić information content (AvgIpc) is 2.61. The molecule has 2 N–H and O–H groups in total. The topological polar surface area (TPSA) is 52.6 Å². The third-order valence-corrected chi connectivity index (χ3v) is 3.91. The molecule has 2 aromatic rings.